The summed E-state index contributed by atoms with van der Waals surface area (Å²) in [5.74, 6) is 0. The second kappa shape index (κ2) is 5.13. The fourth-order valence-electron chi connectivity index (χ4n) is 1.73. The minimum Gasteiger partial charge on any atom is -0.388 e. The third-order valence-electron chi connectivity index (χ3n) is 2.77. The molecule has 1 atom stereocenters. The number of hydrogen-bond acceptors (Lipinski definition) is 1. The van der Waals surface area contributed by atoms with Gasteiger partial charge in [-0.25, -0.2) is 0 Å². The molecule has 1 heteroatoms. The molecule has 1 N–H and O–H groups in total. The van der Waals surface area contributed by atoms with Crippen molar-refractivity contribution < 1.29 is 5.11 Å². The maximum Gasteiger partial charge on any atom is 0.0829 e. The van der Waals surface area contributed by atoms with E-state index in [9.17, 15) is 5.11 Å². The highest BCUT2D eigenvalue weighted by Gasteiger charge is 2.10. The third-order valence-corrected chi connectivity index (χ3v) is 2.77. The molecule has 1 nitrogen and oxygen atoms in total. The van der Waals surface area contributed by atoms with E-state index in [0.717, 1.165) is 23.1 Å². The monoisotopic (exact) mass is 204 g/mol. The summed E-state index contributed by atoms with van der Waals surface area (Å²) in [4.78, 5) is 0. The van der Waals surface area contributed by atoms with Gasteiger partial charge in [0.15, 0.2) is 0 Å². The fourth-order valence-corrected chi connectivity index (χ4v) is 1.73. The zero-order valence-electron chi connectivity index (χ0n) is 9.88. The Morgan fingerprint density at radius 3 is 2.60 bits per heavy atom. The second-order valence-corrected chi connectivity index (χ2v) is 4.18. The maximum absolute atomic E-state index is 10.0. The smallest absolute Gasteiger partial charge is 0.0829 e. The van der Waals surface area contributed by atoms with Crippen LogP contribution in [0.15, 0.2) is 30.4 Å². The van der Waals surface area contributed by atoms with Gasteiger partial charge in [-0.3, -0.25) is 0 Å². The average Bonchev–Trinajstić information content (AvgIpc) is 2.17. The quantitative estimate of drug-likeness (QED) is 0.741. The molecule has 0 aliphatic heterocycles. The van der Waals surface area contributed by atoms with Crippen molar-refractivity contribution in [1.29, 1.82) is 0 Å². The van der Waals surface area contributed by atoms with E-state index >= 15 is 0 Å². The van der Waals surface area contributed by atoms with Crippen molar-refractivity contribution in [1.82, 2.24) is 0 Å². The average molecular weight is 204 g/mol. The van der Waals surface area contributed by atoms with Gasteiger partial charge in [-0.15, -0.1) is 0 Å². The van der Waals surface area contributed by atoms with Crippen molar-refractivity contribution in [2.24, 2.45) is 0 Å². The first-order valence-electron chi connectivity index (χ1n) is 5.46. The summed E-state index contributed by atoms with van der Waals surface area (Å²) in [6, 6.07) is 6.16. The van der Waals surface area contributed by atoms with Crippen LogP contribution in [-0.2, 0) is 0 Å². The molecule has 15 heavy (non-hydrogen) atoms. The molecule has 82 valence electrons. The molecule has 0 saturated heterocycles. The van der Waals surface area contributed by atoms with Crippen LogP contribution in [0.3, 0.4) is 0 Å². The van der Waals surface area contributed by atoms with E-state index in [4.69, 9.17) is 0 Å². The van der Waals surface area contributed by atoms with Crippen LogP contribution in [-0.4, -0.2) is 5.11 Å². The largest absolute Gasteiger partial charge is 0.388 e. The zero-order chi connectivity index (χ0) is 11.4. The highest BCUT2D eigenvalue weighted by atomic mass is 16.3. The molecular weight excluding hydrogens is 184 g/mol. The Kier molecular flexibility index (Phi) is 4.10. The van der Waals surface area contributed by atoms with Gasteiger partial charge in [0.05, 0.1) is 6.10 Å². The van der Waals surface area contributed by atoms with Crippen LogP contribution in [0.4, 0.5) is 0 Å². The van der Waals surface area contributed by atoms with Crippen molar-refractivity contribution in [2.45, 2.75) is 39.7 Å². The summed E-state index contributed by atoms with van der Waals surface area (Å²) >= 11 is 0. The molecule has 1 unspecified atom stereocenters. The molecule has 0 aliphatic carbocycles. The normalized spacial score (nSPS) is 12.5. The molecule has 0 aliphatic rings. The molecule has 1 aromatic carbocycles. The summed E-state index contributed by atoms with van der Waals surface area (Å²) in [6.45, 7) is 10.1. The highest BCUT2D eigenvalue weighted by Crippen LogP contribution is 2.24. The van der Waals surface area contributed by atoms with Gasteiger partial charge in [-0.2, -0.15) is 0 Å². The molecule has 0 bridgehead atoms. The summed E-state index contributed by atoms with van der Waals surface area (Å²) in [5.41, 5.74) is 4.52. The Morgan fingerprint density at radius 1 is 1.40 bits per heavy atom. The highest BCUT2D eigenvalue weighted by molar-refractivity contribution is 5.32. The molecule has 0 aromatic heterocycles. The van der Waals surface area contributed by atoms with E-state index < -0.39 is 6.10 Å². The lowest BCUT2D eigenvalue weighted by Crippen LogP contribution is -2.01. The summed E-state index contributed by atoms with van der Waals surface area (Å²) < 4.78 is 0. The van der Waals surface area contributed by atoms with Crippen LogP contribution in [0.1, 0.15) is 42.6 Å². The number of aryl methyl sites for hydroxylation is 2. The molecule has 1 rings (SSSR count). The SMILES string of the molecule is C=C(CC)CC(O)c1ccc(C)cc1C. The van der Waals surface area contributed by atoms with Crippen molar-refractivity contribution in [3.63, 3.8) is 0 Å². The van der Waals surface area contributed by atoms with Gasteiger partial charge in [-0.05, 0) is 37.8 Å². The minimum absolute atomic E-state index is 0.405. The molecule has 0 spiro atoms. The number of hydrogen-bond donors (Lipinski definition) is 1. The van der Waals surface area contributed by atoms with Crippen LogP contribution in [0.25, 0.3) is 0 Å². The van der Waals surface area contributed by atoms with Gasteiger partial charge in [0.25, 0.3) is 0 Å². The Balaban J connectivity index is 2.82. The summed E-state index contributed by atoms with van der Waals surface area (Å²) in [5, 5.41) is 10.0. The van der Waals surface area contributed by atoms with E-state index in [-0.39, 0.29) is 0 Å². The number of benzene rings is 1. The standard InChI is InChI=1S/C14H20O/c1-5-10(2)9-14(15)13-7-6-11(3)8-12(13)4/h6-8,14-15H,2,5,9H2,1,3-4H3. The molecular formula is C14H20O. The molecule has 0 amide bonds. The van der Waals surface area contributed by atoms with Crippen molar-refractivity contribution in [3.8, 4) is 0 Å². The number of aliphatic hydroxyl groups is 1. The van der Waals surface area contributed by atoms with E-state index in [0.29, 0.717) is 6.42 Å². The van der Waals surface area contributed by atoms with Gasteiger partial charge in [0, 0.05) is 0 Å². The van der Waals surface area contributed by atoms with Crippen LogP contribution >= 0.6 is 0 Å². The van der Waals surface area contributed by atoms with Gasteiger partial charge in [0.2, 0.25) is 0 Å². The zero-order valence-corrected chi connectivity index (χ0v) is 9.88. The van der Waals surface area contributed by atoms with Crippen molar-refractivity contribution in [3.05, 3.63) is 47.0 Å². The summed E-state index contributed by atoms with van der Waals surface area (Å²) in [6.07, 6.45) is 1.19. The second-order valence-electron chi connectivity index (χ2n) is 4.18. The Bertz CT molecular complexity index is 352. The summed E-state index contributed by atoms with van der Waals surface area (Å²) in [7, 11) is 0. The van der Waals surface area contributed by atoms with Crippen molar-refractivity contribution >= 4 is 0 Å². The lowest BCUT2D eigenvalue weighted by atomic mass is 9.96. The first-order valence-corrected chi connectivity index (χ1v) is 5.46. The number of aliphatic hydroxyl groups excluding tert-OH is 1. The van der Waals surface area contributed by atoms with E-state index in [1.54, 1.807) is 0 Å². The Morgan fingerprint density at radius 2 is 2.07 bits per heavy atom. The first kappa shape index (κ1) is 12.0. The molecule has 1 aromatic rings. The molecule has 0 saturated carbocycles. The fraction of sp³-hybridized carbons (Fsp3) is 0.429. The molecule has 0 fully saturated rings. The molecule has 0 radical (unpaired) electrons. The lowest BCUT2D eigenvalue weighted by Gasteiger charge is -2.15. The van der Waals surface area contributed by atoms with E-state index in [2.05, 4.69) is 26.5 Å². The van der Waals surface area contributed by atoms with Crippen molar-refractivity contribution in [2.75, 3.05) is 0 Å². The van der Waals surface area contributed by atoms with Gasteiger partial charge < -0.3 is 5.11 Å². The predicted octanol–water partition coefficient (Wildman–Crippen LogP) is 3.69. The van der Waals surface area contributed by atoms with Gasteiger partial charge in [-0.1, -0.05) is 42.8 Å². The number of rotatable bonds is 4. The minimum atomic E-state index is -0.405. The molecule has 0 heterocycles. The first-order chi connectivity index (χ1) is 7.04. The van der Waals surface area contributed by atoms with Gasteiger partial charge >= 0.3 is 0 Å². The lowest BCUT2D eigenvalue weighted by molar-refractivity contribution is 0.177. The van der Waals surface area contributed by atoms with Crippen LogP contribution in [0.2, 0.25) is 0 Å². The van der Waals surface area contributed by atoms with Crippen LogP contribution in [0.5, 0.6) is 0 Å². The third kappa shape index (κ3) is 3.21. The van der Waals surface area contributed by atoms with E-state index in [1.165, 1.54) is 5.56 Å². The Hall–Kier alpha value is -1.08. The Labute approximate surface area is 92.5 Å². The van der Waals surface area contributed by atoms with Crippen LogP contribution < -0.4 is 0 Å². The van der Waals surface area contributed by atoms with E-state index in [1.807, 2.05) is 19.1 Å². The topological polar surface area (TPSA) is 20.2 Å². The van der Waals surface area contributed by atoms with Gasteiger partial charge in [0.1, 0.15) is 0 Å². The maximum atomic E-state index is 10.0. The predicted molar refractivity (Wildman–Crippen MR) is 64.9 cm³/mol. The van der Waals surface area contributed by atoms with Crippen LogP contribution in [0, 0.1) is 13.8 Å².